The summed E-state index contributed by atoms with van der Waals surface area (Å²) in [5.74, 6) is 0.751. The van der Waals surface area contributed by atoms with Crippen molar-refractivity contribution in [1.29, 1.82) is 0 Å². The summed E-state index contributed by atoms with van der Waals surface area (Å²) in [5, 5.41) is 10.4. The van der Waals surface area contributed by atoms with Crippen molar-refractivity contribution in [2.24, 2.45) is 0 Å². The molecule has 0 amide bonds. The van der Waals surface area contributed by atoms with E-state index in [4.69, 9.17) is 4.42 Å². The standard InChI is InChI=1S/C14H17NO3/c1-8-9(2)18-14-10(13(8)17)5-6-12(16)11(14)7-15(3)4/h5-6,16H,7H2,1-4H3. The van der Waals surface area contributed by atoms with Gasteiger partial charge in [0.25, 0.3) is 0 Å². The SMILES string of the molecule is Cc1oc2c(CN(C)C)c(O)ccc2c(=O)c1C. The van der Waals surface area contributed by atoms with E-state index in [-0.39, 0.29) is 11.2 Å². The van der Waals surface area contributed by atoms with E-state index in [0.717, 1.165) is 0 Å². The van der Waals surface area contributed by atoms with Gasteiger partial charge in [0.2, 0.25) is 0 Å². The number of nitrogens with zero attached hydrogens (tertiary/aromatic N) is 1. The number of rotatable bonds is 2. The predicted octanol–water partition coefficient (Wildman–Crippen LogP) is 2.18. The van der Waals surface area contributed by atoms with E-state index in [2.05, 4.69) is 0 Å². The Morgan fingerprint density at radius 1 is 1.28 bits per heavy atom. The predicted molar refractivity (Wildman–Crippen MR) is 71.0 cm³/mol. The summed E-state index contributed by atoms with van der Waals surface area (Å²) in [6, 6.07) is 3.16. The quantitative estimate of drug-likeness (QED) is 0.883. The van der Waals surface area contributed by atoms with Crippen molar-refractivity contribution in [3.05, 3.63) is 39.2 Å². The van der Waals surface area contributed by atoms with E-state index in [1.807, 2.05) is 19.0 Å². The summed E-state index contributed by atoms with van der Waals surface area (Å²) in [7, 11) is 3.80. The number of phenolic OH excluding ortho intramolecular Hbond substituents is 1. The second kappa shape index (κ2) is 4.46. The molecule has 1 N–H and O–H groups in total. The minimum atomic E-state index is -0.0336. The molecule has 18 heavy (non-hydrogen) atoms. The Morgan fingerprint density at radius 3 is 2.56 bits per heavy atom. The fraction of sp³-hybridized carbons (Fsp3) is 0.357. The van der Waals surface area contributed by atoms with Crippen molar-refractivity contribution >= 4 is 11.0 Å². The van der Waals surface area contributed by atoms with Crippen LogP contribution in [0.15, 0.2) is 21.3 Å². The Bertz CT molecular complexity index is 656. The molecule has 2 aromatic rings. The van der Waals surface area contributed by atoms with Gasteiger partial charge in [-0.1, -0.05) is 0 Å². The minimum absolute atomic E-state index is 0.0336. The smallest absolute Gasteiger partial charge is 0.195 e. The topological polar surface area (TPSA) is 53.7 Å². The van der Waals surface area contributed by atoms with Gasteiger partial charge in [0.1, 0.15) is 17.1 Å². The first-order chi connectivity index (χ1) is 8.41. The summed E-state index contributed by atoms with van der Waals surface area (Å²) in [6.45, 7) is 4.04. The monoisotopic (exact) mass is 247 g/mol. The van der Waals surface area contributed by atoms with Gasteiger partial charge in [0, 0.05) is 12.1 Å². The second-order valence-electron chi connectivity index (χ2n) is 4.79. The van der Waals surface area contributed by atoms with Crippen LogP contribution in [0.4, 0.5) is 0 Å². The Kier molecular flexibility index (Phi) is 3.13. The van der Waals surface area contributed by atoms with Crippen molar-refractivity contribution < 1.29 is 9.52 Å². The molecule has 1 aromatic carbocycles. The zero-order valence-corrected chi connectivity index (χ0v) is 11.1. The van der Waals surface area contributed by atoms with Crippen LogP contribution in [0, 0.1) is 13.8 Å². The molecule has 0 bridgehead atoms. The summed E-state index contributed by atoms with van der Waals surface area (Å²) in [6.07, 6.45) is 0. The van der Waals surface area contributed by atoms with Crippen LogP contribution in [0.25, 0.3) is 11.0 Å². The third-order valence-corrected chi connectivity index (χ3v) is 3.08. The van der Waals surface area contributed by atoms with E-state index >= 15 is 0 Å². The number of fused-ring (bicyclic) bond motifs is 1. The van der Waals surface area contributed by atoms with Crippen molar-refractivity contribution in [3.63, 3.8) is 0 Å². The number of phenols is 1. The zero-order chi connectivity index (χ0) is 13.4. The highest BCUT2D eigenvalue weighted by Crippen LogP contribution is 2.27. The molecule has 2 rings (SSSR count). The average molecular weight is 247 g/mol. The van der Waals surface area contributed by atoms with Gasteiger partial charge in [0.05, 0.1) is 10.9 Å². The number of benzene rings is 1. The van der Waals surface area contributed by atoms with Gasteiger partial charge >= 0.3 is 0 Å². The van der Waals surface area contributed by atoms with Crippen LogP contribution < -0.4 is 5.43 Å². The van der Waals surface area contributed by atoms with E-state index in [0.29, 0.717) is 34.4 Å². The lowest BCUT2D eigenvalue weighted by Gasteiger charge is -2.13. The maximum absolute atomic E-state index is 12.1. The molecular weight excluding hydrogens is 230 g/mol. The lowest BCUT2D eigenvalue weighted by molar-refractivity contribution is 0.383. The lowest BCUT2D eigenvalue weighted by atomic mass is 10.1. The molecule has 1 aromatic heterocycles. The van der Waals surface area contributed by atoms with Crippen LogP contribution in [0.5, 0.6) is 5.75 Å². The first-order valence-corrected chi connectivity index (χ1v) is 5.81. The third-order valence-electron chi connectivity index (χ3n) is 3.08. The third kappa shape index (κ3) is 1.99. The number of aromatic hydroxyl groups is 1. The van der Waals surface area contributed by atoms with Gasteiger partial charge in [-0.25, -0.2) is 0 Å². The van der Waals surface area contributed by atoms with Crippen LogP contribution in [-0.4, -0.2) is 24.1 Å². The Morgan fingerprint density at radius 2 is 1.94 bits per heavy atom. The van der Waals surface area contributed by atoms with Crippen LogP contribution in [0.3, 0.4) is 0 Å². The minimum Gasteiger partial charge on any atom is -0.507 e. The van der Waals surface area contributed by atoms with Crippen molar-refractivity contribution in [2.45, 2.75) is 20.4 Å². The first kappa shape index (κ1) is 12.6. The van der Waals surface area contributed by atoms with Gasteiger partial charge in [-0.15, -0.1) is 0 Å². The fourth-order valence-corrected chi connectivity index (χ4v) is 1.97. The van der Waals surface area contributed by atoms with Crippen molar-refractivity contribution in [2.75, 3.05) is 14.1 Å². The zero-order valence-electron chi connectivity index (χ0n) is 11.1. The maximum Gasteiger partial charge on any atom is 0.195 e. The first-order valence-electron chi connectivity index (χ1n) is 5.81. The molecule has 0 radical (unpaired) electrons. The molecule has 4 heteroatoms. The molecule has 0 aliphatic carbocycles. The Hall–Kier alpha value is -1.81. The largest absolute Gasteiger partial charge is 0.507 e. The van der Waals surface area contributed by atoms with Crippen LogP contribution in [-0.2, 0) is 6.54 Å². The van der Waals surface area contributed by atoms with Crippen LogP contribution >= 0.6 is 0 Å². The molecular formula is C14H17NO3. The van der Waals surface area contributed by atoms with Gasteiger partial charge in [-0.2, -0.15) is 0 Å². The van der Waals surface area contributed by atoms with Gasteiger partial charge in [-0.05, 0) is 40.1 Å². The maximum atomic E-state index is 12.1. The molecule has 0 saturated carbocycles. The summed E-state index contributed by atoms with van der Waals surface area (Å²) >= 11 is 0. The van der Waals surface area contributed by atoms with Crippen molar-refractivity contribution in [3.8, 4) is 5.75 Å². The summed E-state index contributed by atoms with van der Waals surface area (Å²) in [4.78, 5) is 14.1. The van der Waals surface area contributed by atoms with E-state index in [9.17, 15) is 9.90 Å². The lowest BCUT2D eigenvalue weighted by Crippen LogP contribution is -2.13. The molecule has 0 spiro atoms. The molecule has 1 heterocycles. The molecule has 0 aliphatic heterocycles. The second-order valence-corrected chi connectivity index (χ2v) is 4.79. The summed E-state index contributed by atoms with van der Waals surface area (Å²) < 4.78 is 5.70. The molecule has 0 unspecified atom stereocenters. The molecule has 96 valence electrons. The number of hydrogen-bond acceptors (Lipinski definition) is 4. The fourth-order valence-electron chi connectivity index (χ4n) is 1.97. The average Bonchev–Trinajstić information content (AvgIpc) is 2.30. The molecule has 0 aliphatic rings. The molecule has 0 saturated heterocycles. The molecule has 0 atom stereocenters. The Labute approximate surface area is 105 Å². The van der Waals surface area contributed by atoms with Crippen LogP contribution in [0.2, 0.25) is 0 Å². The normalized spacial score (nSPS) is 11.4. The van der Waals surface area contributed by atoms with E-state index in [1.165, 1.54) is 0 Å². The highest BCUT2D eigenvalue weighted by atomic mass is 16.3. The van der Waals surface area contributed by atoms with Crippen LogP contribution in [0.1, 0.15) is 16.9 Å². The molecule has 0 fully saturated rings. The van der Waals surface area contributed by atoms with E-state index < -0.39 is 0 Å². The van der Waals surface area contributed by atoms with Gasteiger partial charge in [-0.3, -0.25) is 4.79 Å². The summed E-state index contributed by atoms with van der Waals surface area (Å²) in [5.41, 5.74) is 1.72. The highest BCUT2D eigenvalue weighted by molar-refractivity contribution is 5.82. The molecule has 4 nitrogen and oxygen atoms in total. The number of hydrogen-bond donors (Lipinski definition) is 1. The van der Waals surface area contributed by atoms with Crippen molar-refractivity contribution in [1.82, 2.24) is 4.90 Å². The van der Waals surface area contributed by atoms with Gasteiger partial charge in [0.15, 0.2) is 5.43 Å². The highest BCUT2D eigenvalue weighted by Gasteiger charge is 2.15. The van der Waals surface area contributed by atoms with E-state index in [1.54, 1.807) is 26.0 Å². The Balaban J connectivity index is 2.85. The number of aryl methyl sites for hydroxylation is 1. The van der Waals surface area contributed by atoms with Gasteiger partial charge < -0.3 is 14.4 Å².